The summed E-state index contributed by atoms with van der Waals surface area (Å²) >= 11 is 0. The molecule has 1 aromatic carbocycles. The van der Waals surface area contributed by atoms with Crippen molar-refractivity contribution < 1.29 is 14.6 Å². The lowest BCUT2D eigenvalue weighted by molar-refractivity contribution is 0.0843. The maximum atomic E-state index is 11.9. The molecule has 2 aromatic rings. The Morgan fingerprint density at radius 2 is 2.09 bits per heavy atom. The van der Waals surface area contributed by atoms with E-state index in [1.54, 1.807) is 12.3 Å². The summed E-state index contributed by atoms with van der Waals surface area (Å²) in [6.07, 6.45) is 2.40. The quantitative estimate of drug-likeness (QED) is 0.854. The highest BCUT2D eigenvalue weighted by Gasteiger charge is 2.10. The van der Waals surface area contributed by atoms with E-state index in [0.717, 1.165) is 11.1 Å². The van der Waals surface area contributed by atoms with Gasteiger partial charge in [0, 0.05) is 18.9 Å². The number of carbonyl (C=O) groups is 1. The SMILES string of the molecule is Cc1cccc(OCC(O)CNC(=O)c2cncc(C)c2)c1. The lowest BCUT2D eigenvalue weighted by atomic mass is 10.2. The van der Waals surface area contributed by atoms with Gasteiger partial charge in [-0.2, -0.15) is 0 Å². The van der Waals surface area contributed by atoms with E-state index in [2.05, 4.69) is 10.3 Å². The van der Waals surface area contributed by atoms with Gasteiger partial charge >= 0.3 is 0 Å². The molecule has 116 valence electrons. The molecule has 0 aliphatic heterocycles. The number of nitrogens with zero attached hydrogens (tertiary/aromatic N) is 1. The smallest absolute Gasteiger partial charge is 0.252 e. The van der Waals surface area contributed by atoms with Crippen molar-refractivity contribution in [2.75, 3.05) is 13.2 Å². The van der Waals surface area contributed by atoms with Crippen LogP contribution in [0.5, 0.6) is 5.75 Å². The van der Waals surface area contributed by atoms with E-state index < -0.39 is 6.10 Å². The van der Waals surface area contributed by atoms with Gasteiger partial charge in [0.05, 0.1) is 5.56 Å². The van der Waals surface area contributed by atoms with Crippen LogP contribution < -0.4 is 10.1 Å². The molecule has 1 amide bonds. The Hall–Kier alpha value is -2.40. The molecule has 5 heteroatoms. The number of hydrogen-bond donors (Lipinski definition) is 2. The minimum Gasteiger partial charge on any atom is -0.491 e. The Bertz CT molecular complexity index is 643. The zero-order valence-corrected chi connectivity index (χ0v) is 12.7. The largest absolute Gasteiger partial charge is 0.491 e. The van der Waals surface area contributed by atoms with E-state index >= 15 is 0 Å². The van der Waals surface area contributed by atoms with Crippen molar-refractivity contribution in [3.05, 3.63) is 59.4 Å². The van der Waals surface area contributed by atoms with Crippen LogP contribution in [0, 0.1) is 13.8 Å². The Balaban J connectivity index is 1.78. The number of ether oxygens (including phenoxy) is 1. The highest BCUT2D eigenvalue weighted by Crippen LogP contribution is 2.12. The van der Waals surface area contributed by atoms with E-state index in [0.29, 0.717) is 11.3 Å². The van der Waals surface area contributed by atoms with Crippen LogP contribution in [0.1, 0.15) is 21.5 Å². The first-order chi connectivity index (χ1) is 10.5. The Kier molecular flexibility index (Phi) is 5.49. The van der Waals surface area contributed by atoms with Crippen LogP contribution in [0.3, 0.4) is 0 Å². The van der Waals surface area contributed by atoms with Crippen molar-refractivity contribution in [3.8, 4) is 5.75 Å². The summed E-state index contributed by atoms with van der Waals surface area (Å²) in [6, 6.07) is 9.33. The van der Waals surface area contributed by atoms with E-state index in [1.165, 1.54) is 6.20 Å². The normalized spacial score (nSPS) is 11.8. The molecule has 0 bridgehead atoms. The summed E-state index contributed by atoms with van der Waals surface area (Å²) in [7, 11) is 0. The average Bonchev–Trinajstić information content (AvgIpc) is 2.50. The van der Waals surface area contributed by atoms with Crippen LogP contribution in [0.2, 0.25) is 0 Å². The number of aliphatic hydroxyl groups excluding tert-OH is 1. The molecule has 0 aliphatic carbocycles. The highest BCUT2D eigenvalue weighted by molar-refractivity contribution is 5.93. The minimum atomic E-state index is -0.776. The van der Waals surface area contributed by atoms with Crippen molar-refractivity contribution in [3.63, 3.8) is 0 Å². The monoisotopic (exact) mass is 300 g/mol. The summed E-state index contributed by atoms with van der Waals surface area (Å²) in [5.41, 5.74) is 2.48. The molecule has 1 heterocycles. The summed E-state index contributed by atoms with van der Waals surface area (Å²) in [5.74, 6) is 0.444. The third-order valence-corrected chi connectivity index (χ3v) is 3.07. The first-order valence-electron chi connectivity index (χ1n) is 7.12. The number of carbonyl (C=O) groups excluding carboxylic acids is 1. The third kappa shape index (κ3) is 4.86. The zero-order chi connectivity index (χ0) is 15.9. The van der Waals surface area contributed by atoms with E-state index in [4.69, 9.17) is 4.74 Å². The second-order valence-corrected chi connectivity index (χ2v) is 5.24. The summed E-state index contributed by atoms with van der Waals surface area (Å²) in [6.45, 7) is 4.09. The number of aryl methyl sites for hydroxylation is 2. The first-order valence-corrected chi connectivity index (χ1v) is 7.12. The summed E-state index contributed by atoms with van der Waals surface area (Å²) < 4.78 is 5.49. The fourth-order valence-electron chi connectivity index (χ4n) is 1.95. The van der Waals surface area contributed by atoms with Crippen LogP contribution in [0.15, 0.2) is 42.7 Å². The number of rotatable bonds is 6. The number of nitrogens with one attached hydrogen (secondary N) is 1. The predicted octanol–water partition coefficient (Wildman–Crippen LogP) is 1.87. The van der Waals surface area contributed by atoms with Crippen LogP contribution in [-0.2, 0) is 0 Å². The molecule has 0 radical (unpaired) electrons. The minimum absolute atomic E-state index is 0.121. The predicted molar refractivity (Wildman–Crippen MR) is 84.0 cm³/mol. The van der Waals surface area contributed by atoms with Crippen molar-refractivity contribution in [1.29, 1.82) is 0 Å². The average molecular weight is 300 g/mol. The highest BCUT2D eigenvalue weighted by atomic mass is 16.5. The van der Waals surface area contributed by atoms with Gasteiger partial charge in [-0.3, -0.25) is 9.78 Å². The van der Waals surface area contributed by atoms with Gasteiger partial charge in [-0.05, 0) is 43.2 Å². The van der Waals surface area contributed by atoms with Gasteiger partial charge < -0.3 is 15.2 Å². The number of benzene rings is 1. The molecule has 5 nitrogen and oxygen atoms in total. The number of hydrogen-bond acceptors (Lipinski definition) is 4. The van der Waals surface area contributed by atoms with Crippen molar-refractivity contribution in [2.24, 2.45) is 0 Å². The fourth-order valence-corrected chi connectivity index (χ4v) is 1.95. The van der Waals surface area contributed by atoms with E-state index in [9.17, 15) is 9.90 Å². The molecule has 1 atom stereocenters. The second-order valence-electron chi connectivity index (χ2n) is 5.24. The number of pyridine rings is 1. The van der Waals surface area contributed by atoms with Gasteiger partial charge in [0.15, 0.2) is 0 Å². The maximum Gasteiger partial charge on any atom is 0.252 e. The first kappa shape index (κ1) is 16.0. The van der Waals surface area contributed by atoms with Gasteiger partial charge in [0.2, 0.25) is 0 Å². The topological polar surface area (TPSA) is 71.5 Å². The van der Waals surface area contributed by atoms with Crippen molar-refractivity contribution in [2.45, 2.75) is 20.0 Å². The van der Waals surface area contributed by atoms with Crippen LogP contribution in [0.4, 0.5) is 0 Å². The molecule has 22 heavy (non-hydrogen) atoms. The standard InChI is InChI=1S/C17H20N2O3/c1-12-4-3-5-16(7-12)22-11-15(20)10-19-17(21)14-6-13(2)8-18-9-14/h3-9,15,20H,10-11H2,1-2H3,(H,19,21). The van der Waals surface area contributed by atoms with Gasteiger partial charge in [0.25, 0.3) is 5.91 Å². The lowest BCUT2D eigenvalue weighted by Crippen LogP contribution is -2.35. The van der Waals surface area contributed by atoms with E-state index in [1.807, 2.05) is 38.1 Å². The summed E-state index contributed by atoms with van der Waals surface area (Å²) in [4.78, 5) is 15.9. The van der Waals surface area contributed by atoms with Gasteiger partial charge in [0.1, 0.15) is 18.5 Å². The van der Waals surface area contributed by atoms with E-state index in [-0.39, 0.29) is 19.1 Å². The molecule has 2 N–H and O–H groups in total. The summed E-state index contributed by atoms with van der Waals surface area (Å²) in [5, 5.41) is 12.5. The molecule has 0 aliphatic rings. The third-order valence-electron chi connectivity index (χ3n) is 3.07. The van der Waals surface area contributed by atoms with Crippen LogP contribution >= 0.6 is 0 Å². The molecule has 0 fully saturated rings. The van der Waals surface area contributed by atoms with Crippen molar-refractivity contribution in [1.82, 2.24) is 10.3 Å². The lowest BCUT2D eigenvalue weighted by Gasteiger charge is -2.13. The number of aliphatic hydroxyl groups is 1. The van der Waals surface area contributed by atoms with Crippen LogP contribution in [-0.4, -0.2) is 35.3 Å². The van der Waals surface area contributed by atoms with Gasteiger partial charge in [-0.15, -0.1) is 0 Å². The van der Waals surface area contributed by atoms with Crippen molar-refractivity contribution >= 4 is 5.91 Å². The molecule has 0 saturated carbocycles. The Morgan fingerprint density at radius 1 is 1.27 bits per heavy atom. The molecule has 1 unspecified atom stereocenters. The van der Waals surface area contributed by atoms with Crippen LogP contribution in [0.25, 0.3) is 0 Å². The molecule has 0 saturated heterocycles. The number of amides is 1. The zero-order valence-electron chi connectivity index (χ0n) is 12.7. The Labute approximate surface area is 130 Å². The molecule has 2 rings (SSSR count). The maximum absolute atomic E-state index is 11.9. The fraction of sp³-hybridized carbons (Fsp3) is 0.294. The number of aromatic nitrogens is 1. The molecule has 1 aromatic heterocycles. The molecule has 0 spiro atoms. The van der Waals surface area contributed by atoms with Gasteiger partial charge in [-0.25, -0.2) is 0 Å². The molecular weight excluding hydrogens is 280 g/mol. The Morgan fingerprint density at radius 3 is 2.82 bits per heavy atom. The van der Waals surface area contributed by atoms with Gasteiger partial charge in [-0.1, -0.05) is 12.1 Å². The second kappa shape index (κ2) is 7.56. The molecular formula is C17H20N2O3.